The smallest absolute Gasteiger partial charge is 0.269 e. The van der Waals surface area contributed by atoms with Crippen LogP contribution in [0.25, 0.3) is 0 Å². The van der Waals surface area contributed by atoms with Crippen LogP contribution < -0.4 is 4.90 Å². The third-order valence-corrected chi connectivity index (χ3v) is 4.86. The number of piperazine rings is 1. The van der Waals surface area contributed by atoms with E-state index in [0.29, 0.717) is 37.3 Å². The van der Waals surface area contributed by atoms with Crippen LogP contribution in [0.1, 0.15) is 31.8 Å². The molecule has 27 heavy (non-hydrogen) atoms. The van der Waals surface area contributed by atoms with Gasteiger partial charge < -0.3 is 9.80 Å². The molecule has 1 aliphatic heterocycles. The van der Waals surface area contributed by atoms with Crippen LogP contribution in [-0.2, 0) is 0 Å². The molecule has 0 N–H and O–H groups in total. The molecule has 1 heterocycles. The molecule has 1 aliphatic rings. The minimum absolute atomic E-state index is 0.0268. The molecule has 0 unspecified atom stereocenters. The summed E-state index contributed by atoms with van der Waals surface area (Å²) in [5.41, 5.74) is 4.31. The molecule has 1 saturated heterocycles. The van der Waals surface area contributed by atoms with Crippen LogP contribution in [0.15, 0.2) is 36.4 Å². The number of anilines is 1. The minimum atomic E-state index is -0.479. The van der Waals surface area contributed by atoms with Crippen molar-refractivity contribution in [2.24, 2.45) is 0 Å². The molecule has 2 aromatic carbocycles. The number of benzene rings is 2. The first-order valence-corrected chi connectivity index (χ1v) is 8.76. The first kappa shape index (κ1) is 18.6. The fourth-order valence-electron chi connectivity index (χ4n) is 3.60. The molecule has 0 saturated carbocycles. The summed E-state index contributed by atoms with van der Waals surface area (Å²) in [4.78, 5) is 37.9. The second-order valence-electron chi connectivity index (χ2n) is 6.70. The maximum absolute atomic E-state index is 12.6. The highest BCUT2D eigenvalue weighted by Crippen LogP contribution is 2.27. The number of aryl methyl sites for hydroxylation is 2. The van der Waals surface area contributed by atoms with Crippen LogP contribution in [0, 0.1) is 24.0 Å². The van der Waals surface area contributed by atoms with Gasteiger partial charge in [-0.25, -0.2) is 0 Å². The predicted molar refractivity (Wildman–Crippen MR) is 103 cm³/mol. The van der Waals surface area contributed by atoms with Crippen LogP contribution in [-0.4, -0.2) is 48.2 Å². The highest BCUT2D eigenvalue weighted by molar-refractivity contribution is 5.94. The fraction of sp³-hybridized carbons (Fsp3) is 0.300. The number of non-ortho nitro benzene ring substituents is 1. The molecule has 0 spiro atoms. The summed E-state index contributed by atoms with van der Waals surface area (Å²) in [5.74, 6) is -0.116. The largest absolute Gasteiger partial charge is 0.368 e. The Morgan fingerprint density at radius 2 is 1.59 bits per heavy atom. The second kappa shape index (κ2) is 7.57. The van der Waals surface area contributed by atoms with Crippen molar-refractivity contribution in [3.8, 4) is 0 Å². The molecule has 0 atom stereocenters. The van der Waals surface area contributed by atoms with Gasteiger partial charge in [0.1, 0.15) is 6.29 Å². The maximum atomic E-state index is 12.6. The van der Waals surface area contributed by atoms with Crippen LogP contribution >= 0.6 is 0 Å². The number of aldehydes is 1. The third-order valence-electron chi connectivity index (χ3n) is 4.86. The Labute approximate surface area is 157 Å². The van der Waals surface area contributed by atoms with Gasteiger partial charge >= 0.3 is 0 Å². The van der Waals surface area contributed by atoms with Crippen LogP contribution in [0.2, 0.25) is 0 Å². The summed E-state index contributed by atoms with van der Waals surface area (Å²) in [6.45, 7) is 6.52. The van der Waals surface area contributed by atoms with Crippen LogP contribution in [0.4, 0.5) is 11.4 Å². The van der Waals surface area contributed by atoms with Gasteiger partial charge in [0.05, 0.1) is 4.92 Å². The number of carbonyl (C=O) groups excluding carboxylic acids is 2. The molecule has 140 valence electrons. The Morgan fingerprint density at radius 3 is 2.07 bits per heavy atom. The normalized spacial score (nSPS) is 14.1. The van der Waals surface area contributed by atoms with E-state index >= 15 is 0 Å². The summed E-state index contributed by atoms with van der Waals surface area (Å²) in [5, 5.41) is 10.7. The summed E-state index contributed by atoms with van der Waals surface area (Å²) in [6, 6.07) is 9.46. The van der Waals surface area contributed by atoms with Gasteiger partial charge in [0.25, 0.3) is 11.6 Å². The molecule has 0 aliphatic carbocycles. The lowest BCUT2D eigenvalue weighted by Crippen LogP contribution is -2.49. The minimum Gasteiger partial charge on any atom is -0.368 e. The first-order valence-electron chi connectivity index (χ1n) is 8.76. The molecule has 3 rings (SSSR count). The van der Waals surface area contributed by atoms with E-state index in [1.165, 1.54) is 24.3 Å². The van der Waals surface area contributed by atoms with E-state index in [0.717, 1.165) is 23.1 Å². The fourth-order valence-corrected chi connectivity index (χ4v) is 3.60. The van der Waals surface area contributed by atoms with Crippen molar-refractivity contribution >= 4 is 23.6 Å². The number of hydrogen-bond acceptors (Lipinski definition) is 5. The molecule has 0 radical (unpaired) electrons. The number of nitro groups is 1. The molecule has 2 aromatic rings. The number of amides is 1. The molecule has 0 bridgehead atoms. The zero-order valence-electron chi connectivity index (χ0n) is 15.3. The van der Waals surface area contributed by atoms with Crippen molar-refractivity contribution in [3.63, 3.8) is 0 Å². The summed E-state index contributed by atoms with van der Waals surface area (Å²) >= 11 is 0. The Morgan fingerprint density at radius 1 is 1.04 bits per heavy atom. The van der Waals surface area contributed by atoms with Crippen molar-refractivity contribution in [2.75, 3.05) is 31.1 Å². The lowest BCUT2D eigenvalue weighted by molar-refractivity contribution is -0.384. The SMILES string of the molecule is Cc1cc(C=O)cc(C)c1N1CCN(C(=O)c2ccc([N+](=O)[O-])cc2)CC1. The average molecular weight is 367 g/mol. The standard InChI is InChI=1S/C20H21N3O4/c1-14-11-16(13-24)12-15(2)19(14)21-7-9-22(10-8-21)20(25)17-3-5-18(6-4-17)23(26)27/h3-6,11-13H,7-10H2,1-2H3. The zero-order valence-corrected chi connectivity index (χ0v) is 15.3. The summed E-state index contributed by atoms with van der Waals surface area (Å²) < 4.78 is 0. The van der Waals surface area contributed by atoms with Gasteiger partial charge in [-0.05, 0) is 49.2 Å². The summed E-state index contributed by atoms with van der Waals surface area (Å²) in [6.07, 6.45) is 0.852. The Bertz CT molecular complexity index is 862. The topological polar surface area (TPSA) is 83.8 Å². The molecule has 1 fully saturated rings. The number of hydrogen-bond donors (Lipinski definition) is 0. The maximum Gasteiger partial charge on any atom is 0.269 e. The number of nitro benzene ring substituents is 1. The highest BCUT2D eigenvalue weighted by atomic mass is 16.6. The van der Waals surface area contributed by atoms with Gasteiger partial charge in [-0.2, -0.15) is 0 Å². The van der Waals surface area contributed by atoms with Gasteiger partial charge in [-0.15, -0.1) is 0 Å². The number of rotatable bonds is 4. The average Bonchev–Trinajstić information content (AvgIpc) is 2.67. The second-order valence-corrected chi connectivity index (χ2v) is 6.70. The van der Waals surface area contributed by atoms with Crippen molar-refractivity contribution < 1.29 is 14.5 Å². The number of carbonyl (C=O) groups is 2. The predicted octanol–water partition coefficient (Wildman–Crippen LogP) is 2.99. The Hall–Kier alpha value is -3.22. The molecule has 1 amide bonds. The van der Waals surface area contributed by atoms with Gasteiger partial charge in [0.15, 0.2) is 0 Å². The third kappa shape index (κ3) is 3.81. The Balaban J connectivity index is 1.69. The van der Waals surface area contributed by atoms with E-state index in [1.54, 1.807) is 4.90 Å². The van der Waals surface area contributed by atoms with Crippen molar-refractivity contribution in [3.05, 3.63) is 68.8 Å². The lowest BCUT2D eigenvalue weighted by atomic mass is 10.0. The Kier molecular flexibility index (Phi) is 5.21. The van der Waals surface area contributed by atoms with E-state index in [1.807, 2.05) is 26.0 Å². The molecule has 7 heteroatoms. The van der Waals surface area contributed by atoms with Gasteiger partial charge in [-0.1, -0.05) is 0 Å². The van der Waals surface area contributed by atoms with Crippen molar-refractivity contribution in [1.29, 1.82) is 0 Å². The molecular weight excluding hydrogens is 346 g/mol. The van der Waals surface area contributed by atoms with E-state index < -0.39 is 4.92 Å². The van der Waals surface area contributed by atoms with E-state index in [2.05, 4.69) is 4.90 Å². The molecule has 0 aromatic heterocycles. The van der Waals surface area contributed by atoms with Crippen molar-refractivity contribution in [2.45, 2.75) is 13.8 Å². The van der Waals surface area contributed by atoms with Gasteiger partial charge in [-0.3, -0.25) is 19.7 Å². The first-order chi connectivity index (χ1) is 12.9. The van der Waals surface area contributed by atoms with Gasteiger partial charge in [0, 0.05) is 55.1 Å². The highest BCUT2D eigenvalue weighted by Gasteiger charge is 2.24. The number of nitrogens with zero attached hydrogens (tertiary/aromatic N) is 3. The monoisotopic (exact) mass is 367 g/mol. The van der Waals surface area contributed by atoms with E-state index in [-0.39, 0.29) is 11.6 Å². The van der Waals surface area contributed by atoms with Crippen molar-refractivity contribution in [1.82, 2.24) is 4.90 Å². The molecule has 7 nitrogen and oxygen atoms in total. The van der Waals surface area contributed by atoms with Gasteiger partial charge in [0.2, 0.25) is 0 Å². The van der Waals surface area contributed by atoms with E-state index in [9.17, 15) is 19.7 Å². The van der Waals surface area contributed by atoms with Crippen LogP contribution in [0.5, 0.6) is 0 Å². The molecular formula is C20H21N3O4. The summed E-state index contributed by atoms with van der Waals surface area (Å²) in [7, 11) is 0. The lowest BCUT2D eigenvalue weighted by Gasteiger charge is -2.37. The quantitative estimate of drug-likeness (QED) is 0.471. The van der Waals surface area contributed by atoms with E-state index in [4.69, 9.17) is 0 Å². The van der Waals surface area contributed by atoms with Crippen LogP contribution in [0.3, 0.4) is 0 Å². The zero-order chi connectivity index (χ0) is 19.6.